The van der Waals surface area contributed by atoms with Gasteiger partial charge in [-0.15, -0.1) is 0 Å². The predicted molar refractivity (Wildman–Crippen MR) is 66.7 cm³/mol. The maximum Gasteiger partial charge on any atom is 0.128 e. The summed E-state index contributed by atoms with van der Waals surface area (Å²) >= 11 is 0. The molecule has 16 heavy (non-hydrogen) atoms. The van der Waals surface area contributed by atoms with Gasteiger partial charge in [-0.3, -0.25) is 0 Å². The Morgan fingerprint density at radius 2 is 1.88 bits per heavy atom. The maximum absolute atomic E-state index is 9.06. The Morgan fingerprint density at radius 3 is 2.38 bits per heavy atom. The van der Waals surface area contributed by atoms with Gasteiger partial charge < -0.3 is 14.9 Å². The number of pyridine rings is 1. The number of likely N-dealkylation sites (N-methyl/N-ethyl adjacent to an activating group) is 2. The predicted octanol–water partition coefficient (Wildman–Crippen LogP) is 0.880. The minimum atomic E-state index is 0.0561. The molecule has 1 N–H and O–H groups in total. The molecule has 1 rings (SSSR count). The molecule has 0 aliphatic heterocycles. The first-order valence-electron chi connectivity index (χ1n) is 5.48. The lowest BCUT2D eigenvalue weighted by atomic mass is 10.2. The first-order chi connectivity index (χ1) is 7.54. The quantitative estimate of drug-likeness (QED) is 0.804. The Balaban J connectivity index is 2.69. The number of nitrogens with zero attached hydrogens (tertiary/aromatic N) is 3. The number of aromatic nitrogens is 1. The van der Waals surface area contributed by atoms with Crippen LogP contribution in [0.25, 0.3) is 0 Å². The molecular weight excluding hydrogens is 202 g/mol. The van der Waals surface area contributed by atoms with Gasteiger partial charge in [-0.25, -0.2) is 4.98 Å². The second kappa shape index (κ2) is 5.82. The lowest BCUT2D eigenvalue weighted by Gasteiger charge is -2.21. The van der Waals surface area contributed by atoms with Crippen molar-refractivity contribution in [1.29, 1.82) is 0 Å². The normalized spacial score (nSPS) is 10.9. The molecule has 1 aromatic heterocycles. The number of aliphatic hydroxyl groups excluding tert-OH is 1. The van der Waals surface area contributed by atoms with Crippen molar-refractivity contribution >= 4 is 5.82 Å². The molecule has 0 saturated carbocycles. The topological polar surface area (TPSA) is 39.6 Å². The molecule has 0 aromatic carbocycles. The number of aliphatic hydroxyl groups is 1. The molecular formula is C12H21N3O. The van der Waals surface area contributed by atoms with Crippen molar-refractivity contribution < 1.29 is 5.11 Å². The summed E-state index contributed by atoms with van der Waals surface area (Å²) < 4.78 is 0. The molecule has 0 spiro atoms. The summed E-state index contributed by atoms with van der Waals surface area (Å²) in [6, 6.07) is 3.89. The van der Waals surface area contributed by atoms with Crippen LogP contribution in [-0.2, 0) is 6.61 Å². The van der Waals surface area contributed by atoms with Crippen molar-refractivity contribution in [1.82, 2.24) is 9.88 Å². The van der Waals surface area contributed by atoms with Crippen molar-refractivity contribution in [3.8, 4) is 0 Å². The van der Waals surface area contributed by atoms with Gasteiger partial charge in [-0.05, 0) is 32.6 Å². The van der Waals surface area contributed by atoms with Crippen LogP contribution in [0.1, 0.15) is 11.3 Å². The molecule has 0 saturated heterocycles. The fourth-order valence-electron chi connectivity index (χ4n) is 1.42. The van der Waals surface area contributed by atoms with Crippen LogP contribution in [0, 0.1) is 6.92 Å². The van der Waals surface area contributed by atoms with Gasteiger partial charge in [-0.2, -0.15) is 0 Å². The molecule has 90 valence electrons. The van der Waals surface area contributed by atoms with E-state index in [9.17, 15) is 0 Å². The van der Waals surface area contributed by atoms with E-state index in [1.807, 2.05) is 26.1 Å². The second-order valence-electron chi connectivity index (χ2n) is 4.30. The Kier molecular flexibility index (Phi) is 4.71. The SMILES string of the molecule is Cc1nc(N(C)CCN(C)C)ccc1CO. The van der Waals surface area contributed by atoms with Crippen molar-refractivity contribution in [3.05, 3.63) is 23.4 Å². The second-order valence-corrected chi connectivity index (χ2v) is 4.30. The number of hydrogen-bond donors (Lipinski definition) is 1. The summed E-state index contributed by atoms with van der Waals surface area (Å²) in [5.74, 6) is 0.955. The summed E-state index contributed by atoms with van der Waals surface area (Å²) in [7, 11) is 6.15. The average molecular weight is 223 g/mol. The third-order valence-electron chi connectivity index (χ3n) is 2.62. The van der Waals surface area contributed by atoms with E-state index >= 15 is 0 Å². The van der Waals surface area contributed by atoms with E-state index in [4.69, 9.17) is 5.11 Å². The van der Waals surface area contributed by atoms with Crippen LogP contribution in [0.5, 0.6) is 0 Å². The van der Waals surface area contributed by atoms with Crippen LogP contribution < -0.4 is 4.90 Å². The number of rotatable bonds is 5. The number of aryl methyl sites for hydroxylation is 1. The molecule has 0 radical (unpaired) electrons. The molecule has 0 bridgehead atoms. The van der Waals surface area contributed by atoms with Gasteiger partial charge in [0.1, 0.15) is 5.82 Å². The van der Waals surface area contributed by atoms with Gasteiger partial charge in [0, 0.05) is 25.8 Å². The number of anilines is 1. The van der Waals surface area contributed by atoms with Gasteiger partial charge >= 0.3 is 0 Å². The van der Waals surface area contributed by atoms with Crippen LogP contribution in [0.15, 0.2) is 12.1 Å². The summed E-state index contributed by atoms with van der Waals surface area (Å²) in [5.41, 5.74) is 1.79. The highest BCUT2D eigenvalue weighted by Gasteiger charge is 2.05. The summed E-state index contributed by atoms with van der Waals surface area (Å²) in [5, 5.41) is 9.06. The third-order valence-corrected chi connectivity index (χ3v) is 2.62. The molecule has 0 fully saturated rings. The van der Waals surface area contributed by atoms with E-state index in [-0.39, 0.29) is 6.61 Å². The molecule has 4 heteroatoms. The van der Waals surface area contributed by atoms with E-state index in [0.29, 0.717) is 0 Å². The summed E-state index contributed by atoms with van der Waals surface area (Å²) in [4.78, 5) is 8.73. The first-order valence-corrected chi connectivity index (χ1v) is 5.48. The molecule has 4 nitrogen and oxygen atoms in total. The van der Waals surface area contributed by atoms with Crippen molar-refractivity contribution in [3.63, 3.8) is 0 Å². The fourth-order valence-corrected chi connectivity index (χ4v) is 1.42. The van der Waals surface area contributed by atoms with Crippen LogP contribution in [0.4, 0.5) is 5.82 Å². The zero-order valence-corrected chi connectivity index (χ0v) is 10.6. The zero-order valence-electron chi connectivity index (χ0n) is 10.6. The standard InChI is InChI=1S/C12H21N3O/c1-10-11(9-16)5-6-12(13-10)15(4)8-7-14(2)3/h5-6,16H,7-9H2,1-4H3. The summed E-state index contributed by atoms with van der Waals surface area (Å²) in [6.07, 6.45) is 0. The maximum atomic E-state index is 9.06. The van der Waals surface area contributed by atoms with E-state index in [0.717, 1.165) is 30.2 Å². The van der Waals surface area contributed by atoms with Crippen LogP contribution in [-0.4, -0.2) is 49.2 Å². The van der Waals surface area contributed by atoms with Crippen molar-refractivity contribution in [2.45, 2.75) is 13.5 Å². The fraction of sp³-hybridized carbons (Fsp3) is 0.583. The lowest BCUT2D eigenvalue weighted by molar-refractivity contribution is 0.280. The molecule has 0 unspecified atom stereocenters. The molecule has 0 aliphatic carbocycles. The Labute approximate surface area is 97.5 Å². The minimum absolute atomic E-state index is 0.0561. The Hall–Kier alpha value is -1.13. The number of hydrogen-bond acceptors (Lipinski definition) is 4. The third kappa shape index (κ3) is 3.47. The Morgan fingerprint density at radius 1 is 1.19 bits per heavy atom. The Bertz CT molecular complexity index is 339. The van der Waals surface area contributed by atoms with Crippen molar-refractivity contribution in [2.24, 2.45) is 0 Å². The van der Waals surface area contributed by atoms with Gasteiger partial charge in [0.2, 0.25) is 0 Å². The molecule has 1 heterocycles. The van der Waals surface area contributed by atoms with E-state index < -0.39 is 0 Å². The van der Waals surface area contributed by atoms with Gasteiger partial charge in [0.25, 0.3) is 0 Å². The van der Waals surface area contributed by atoms with Crippen molar-refractivity contribution in [2.75, 3.05) is 39.1 Å². The molecule has 1 aromatic rings. The van der Waals surface area contributed by atoms with E-state index in [2.05, 4.69) is 28.9 Å². The highest BCUT2D eigenvalue weighted by Crippen LogP contribution is 2.13. The highest BCUT2D eigenvalue weighted by atomic mass is 16.3. The zero-order chi connectivity index (χ0) is 12.1. The van der Waals surface area contributed by atoms with Gasteiger partial charge in [0.05, 0.1) is 6.61 Å². The average Bonchev–Trinajstić information content (AvgIpc) is 2.25. The first kappa shape index (κ1) is 12.9. The molecule has 0 atom stereocenters. The van der Waals surface area contributed by atoms with Crippen LogP contribution >= 0.6 is 0 Å². The van der Waals surface area contributed by atoms with E-state index in [1.165, 1.54) is 0 Å². The van der Waals surface area contributed by atoms with Gasteiger partial charge in [0.15, 0.2) is 0 Å². The van der Waals surface area contributed by atoms with Crippen LogP contribution in [0.2, 0.25) is 0 Å². The monoisotopic (exact) mass is 223 g/mol. The van der Waals surface area contributed by atoms with E-state index in [1.54, 1.807) is 0 Å². The smallest absolute Gasteiger partial charge is 0.128 e. The highest BCUT2D eigenvalue weighted by molar-refractivity contribution is 5.40. The van der Waals surface area contributed by atoms with Gasteiger partial charge in [-0.1, -0.05) is 6.07 Å². The minimum Gasteiger partial charge on any atom is -0.392 e. The largest absolute Gasteiger partial charge is 0.392 e. The van der Waals surface area contributed by atoms with Crippen LogP contribution in [0.3, 0.4) is 0 Å². The lowest BCUT2D eigenvalue weighted by Crippen LogP contribution is -2.29. The molecule has 0 amide bonds. The molecule has 0 aliphatic rings. The summed E-state index contributed by atoms with van der Waals surface area (Å²) in [6.45, 7) is 3.92.